The van der Waals surface area contributed by atoms with Crippen molar-refractivity contribution in [1.82, 2.24) is 10.3 Å². The first-order valence-corrected chi connectivity index (χ1v) is 9.94. The summed E-state index contributed by atoms with van der Waals surface area (Å²) >= 11 is 1.38. The Kier molecular flexibility index (Phi) is 7.07. The molecule has 0 aliphatic rings. The molecular formula is C21H19F3N2O3S. The van der Waals surface area contributed by atoms with E-state index in [1.807, 2.05) is 30.3 Å². The van der Waals surface area contributed by atoms with Crippen molar-refractivity contribution < 1.29 is 27.8 Å². The number of amides is 1. The van der Waals surface area contributed by atoms with Gasteiger partial charge in [-0.25, -0.2) is 4.98 Å². The molecule has 9 heteroatoms. The molecule has 1 amide bonds. The third kappa shape index (κ3) is 6.30. The Balaban J connectivity index is 1.43. The number of alkyl halides is 3. The van der Waals surface area contributed by atoms with Gasteiger partial charge in [0, 0.05) is 18.3 Å². The molecule has 1 atom stereocenters. The number of carbonyl (C=O) groups excluding carboxylic acids is 1. The van der Waals surface area contributed by atoms with Crippen LogP contribution in [0.15, 0.2) is 60.0 Å². The fourth-order valence-corrected chi connectivity index (χ4v) is 3.37. The van der Waals surface area contributed by atoms with Gasteiger partial charge in [-0.15, -0.1) is 11.3 Å². The van der Waals surface area contributed by atoms with Gasteiger partial charge in [0.15, 0.2) is 0 Å². The predicted molar refractivity (Wildman–Crippen MR) is 107 cm³/mol. The molecule has 1 aromatic heterocycles. The van der Waals surface area contributed by atoms with Gasteiger partial charge in [0.05, 0.1) is 10.6 Å². The number of rotatable bonds is 8. The normalized spacial score (nSPS) is 12.4. The van der Waals surface area contributed by atoms with Crippen LogP contribution >= 0.6 is 11.3 Å². The zero-order chi connectivity index (χ0) is 21.6. The largest absolute Gasteiger partial charge is 0.491 e. The average Bonchev–Trinajstić information content (AvgIpc) is 3.19. The number of hydrogen-bond donors (Lipinski definition) is 2. The van der Waals surface area contributed by atoms with E-state index in [2.05, 4.69) is 10.3 Å². The first-order chi connectivity index (χ1) is 14.3. The SMILES string of the molecule is O=C(NCC(O)COc1ccc(C(F)(F)F)cc1)c1csc(Cc2ccccc2)n1. The van der Waals surface area contributed by atoms with Gasteiger partial charge >= 0.3 is 6.18 Å². The number of aromatic nitrogens is 1. The first kappa shape index (κ1) is 21.8. The average molecular weight is 436 g/mol. The van der Waals surface area contributed by atoms with E-state index in [4.69, 9.17) is 4.74 Å². The molecule has 0 aliphatic carbocycles. The molecule has 0 saturated heterocycles. The maximum atomic E-state index is 12.5. The maximum absolute atomic E-state index is 12.5. The molecule has 1 heterocycles. The van der Waals surface area contributed by atoms with E-state index in [1.165, 1.54) is 23.5 Å². The summed E-state index contributed by atoms with van der Waals surface area (Å²) in [4.78, 5) is 16.5. The second kappa shape index (κ2) is 9.73. The van der Waals surface area contributed by atoms with Crippen molar-refractivity contribution in [3.05, 3.63) is 81.8 Å². The highest BCUT2D eigenvalue weighted by Crippen LogP contribution is 2.30. The Hall–Kier alpha value is -2.91. The Morgan fingerprint density at radius 1 is 1.13 bits per heavy atom. The fraction of sp³-hybridized carbons (Fsp3) is 0.238. The van der Waals surface area contributed by atoms with Crippen LogP contribution in [-0.4, -0.2) is 35.3 Å². The standard InChI is InChI=1S/C21H19F3N2O3S/c22-21(23,24)15-6-8-17(9-7-15)29-12-16(27)11-25-20(28)18-13-30-19(26-18)10-14-4-2-1-3-5-14/h1-9,13,16,27H,10-12H2,(H,25,28). The number of carbonyl (C=O) groups is 1. The van der Waals surface area contributed by atoms with Crippen LogP contribution in [0.3, 0.4) is 0 Å². The van der Waals surface area contributed by atoms with E-state index < -0.39 is 23.8 Å². The second-order valence-electron chi connectivity index (χ2n) is 6.49. The van der Waals surface area contributed by atoms with Crippen LogP contribution in [-0.2, 0) is 12.6 Å². The molecule has 0 fully saturated rings. The number of nitrogens with zero attached hydrogens (tertiary/aromatic N) is 1. The van der Waals surface area contributed by atoms with Crippen molar-refractivity contribution in [1.29, 1.82) is 0 Å². The number of benzene rings is 2. The lowest BCUT2D eigenvalue weighted by Gasteiger charge is -2.13. The summed E-state index contributed by atoms with van der Waals surface area (Å²) in [5.74, 6) is -0.224. The minimum Gasteiger partial charge on any atom is -0.491 e. The highest BCUT2D eigenvalue weighted by molar-refractivity contribution is 7.09. The third-order valence-electron chi connectivity index (χ3n) is 4.10. The van der Waals surface area contributed by atoms with Gasteiger partial charge in [0.2, 0.25) is 0 Å². The Labute approximate surface area is 175 Å². The third-order valence-corrected chi connectivity index (χ3v) is 4.95. The molecule has 0 spiro atoms. The van der Waals surface area contributed by atoms with E-state index in [9.17, 15) is 23.1 Å². The molecule has 5 nitrogen and oxygen atoms in total. The number of thiazole rings is 1. The number of hydrogen-bond acceptors (Lipinski definition) is 5. The number of nitrogens with one attached hydrogen (secondary N) is 1. The summed E-state index contributed by atoms with van der Waals surface area (Å²) in [5, 5.41) is 15.0. The monoisotopic (exact) mass is 436 g/mol. The summed E-state index contributed by atoms with van der Waals surface area (Å²) < 4.78 is 42.9. The van der Waals surface area contributed by atoms with Crippen LogP contribution < -0.4 is 10.1 Å². The van der Waals surface area contributed by atoms with Gasteiger partial charge in [0.25, 0.3) is 5.91 Å². The van der Waals surface area contributed by atoms with Crippen LogP contribution in [0.25, 0.3) is 0 Å². The summed E-state index contributed by atoms with van der Waals surface area (Å²) in [6.45, 7) is -0.257. The molecule has 2 N–H and O–H groups in total. The Morgan fingerprint density at radius 2 is 1.83 bits per heavy atom. The minimum atomic E-state index is -4.42. The van der Waals surface area contributed by atoms with Crippen LogP contribution in [0.2, 0.25) is 0 Å². The van der Waals surface area contributed by atoms with Gasteiger partial charge in [-0.3, -0.25) is 4.79 Å². The van der Waals surface area contributed by atoms with E-state index in [0.717, 1.165) is 22.7 Å². The molecule has 30 heavy (non-hydrogen) atoms. The smallest absolute Gasteiger partial charge is 0.416 e. The van der Waals surface area contributed by atoms with E-state index in [1.54, 1.807) is 5.38 Å². The van der Waals surface area contributed by atoms with Crippen molar-refractivity contribution >= 4 is 17.2 Å². The van der Waals surface area contributed by atoms with Gasteiger partial charge in [0.1, 0.15) is 24.2 Å². The molecule has 3 rings (SSSR count). The van der Waals surface area contributed by atoms with E-state index in [0.29, 0.717) is 6.42 Å². The minimum absolute atomic E-state index is 0.0784. The summed E-state index contributed by atoms with van der Waals surface area (Å²) in [7, 11) is 0. The second-order valence-corrected chi connectivity index (χ2v) is 7.43. The maximum Gasteiger partial charge on any atom is 0.416 e. The molecule has 3 aromatic rings. The molecule has 0 bridgehead atoms. The number of aliphatic hydroxyl groups is 1. The first-order valence-electron chi connectivity index (χ1n) is 9.06. The zero-order valence-corrected chi connectivity index (χ0v) is 16.5. The highest BCUT2D eigenvalue weighted by atomic mass is 32.1. The lowest BCUT2D eigenvalue weighted by Crippen LogP contribution is -2.35. The van der Waals surface area contributed by atoms with Gasteiger partial charge < -0.3 is 15.2 Å². The van der Waals surface area contributed by atoms with Crippen molar-refractivity contribution in [3.63, 3.8) is 0 Å². The topological polar surface area (TPSA) is 71.5 Å². The van der Waals surface area contributed by atoms with Crippen molar-refractivity contribution in [2.24, 2.45) is 0 Å². The zero-order valence-electron chi connectivity index (χ0n) is 15.7. The number of ether oxygens (including phenoxy) is 1. The van der Waals surface area contributed by atoms with E-state index in [-0.39, 0.29) is 24.6 Å². The van der Waals surface area contributed by atoms with Crippen LogP contribution in [0.5, 0.6) is 5.75 Å². The van der Waals surface area contributed by atoms with Crippen molar-refractivity contribution in [3.8, 4) is 5.75 Å². The van der Waals surface area contributed by atoms with Crippen LogP contribution in [0.4, 0.5) is 13.2 Å². The molecule has 0 aliphatic heterocycles. The molecule has 0 radical (unpaired) electrons. The summed E-state index contributed by atoms with van der Waals surface area (Å²) in [5.41, 5.74) is 0.578. The van der Waals surface area contributed by atoms with Gasteiger partial charge in [-0.05, 0) is 29.8 Å². The quantitative estimate of drug-likeness (QED) is 0.562. The lowest BCUT2D eigenvalue weighted by atomic mass is 10.2. The lowest BCUT2D eigenvalue weighted by molar-refractivity contribution is -0.137. The van der Waals surface area contributed by atoms with E-state index >= 15 is 0 Å². The van der Waals surface area contributed by atoms with Crippen LogP contribution in [0, 0.1) is 0 Å². The predicted octanol–water partition coefficient (Wildman–Crippen LogP) is 3.92. The number of halogens is 3. The Bertz CT molecular complexity index is 960. The van der Waals surface area contributed by atoms with Crippen molar-refractivity contribution in [2.45, 2.75) is 18.7 Å². The summed E-state index contributed by atoms with van der Waals surface area (Å²) in [6.07, 6.45) is -4.82. The number of aliphatic hydroxyl groups excluding tert-OH is 1. The summed E-state index contributed by atoms with van der Waals surface area (Å²) in [6, 6.07) is 13.9. The highest BCUT2D eigenvalue weighted by Gasteiger charge is 2.30. The van der Waals surface area contributed by atoms with Crippen LogP contribution in [0.1, 0.15) is 26.6 Å². The molecule has 0 saturated carbocycles. The molecule has 2 aromatic carbocycles. The van der Waals surface area contributed by atoms with Gasteiger partial charge in [-0.1, -0.05) is 30.3 Å². The Morgan fingerprint density at radius 3 is 2.50 bits per heavy atom. The fourth-order valence-electron chi connectivity index (χ4n) is 2.56. The molecular weight excluding hydrogens is 417 g/mol. The van der Waals surface area contributed by atoms with Gasteiger partial charge in [-0.2, -0.15) is 13.2 Å². The molecule has 158 valence electrons. The van der Waals surface area contributed by atoms with Crippen molar-refractivity contribution in [2.75, 3.05) is 13.2 Å². The molecule has 1 unspecified atom stereocenters.